The minimum Gasteiger partial charge on any atom is -0.341 e. The highest BCUT2D eigenvalue weighted by atomic mass is 16.2. The molecule has 2 aromatic rings. The number of fused-ring (bicyclic) bond motifs is 1. The van der Waals surface area contributed by atoms with Gasteiger partial charge in [0.2, 0.25) is 5.91 Å². The zero-order valence-electron chi connectivity index (χ0n) is 11.8. The van der Waals surface area contributed by atoms with E-state index in [1.165, 1.54) is 10.8 Å². The van der Waals surface area contributed by atoms with Crippen molar-refractivity contribution in [1.29, 1.82) is 0 Å². The molecule has 1 aliphatic rings. The van der Waals surface area contributed by atoms with Gasteiger partial charge >= 0.3 is 0 Å². The normalized spacial score (nSPS) is 18.6. The van der Waals surface area contributed by atoms with Crippen molar-refractivity contribution in [3.05, 3.63) is 48.0 Å². The van der Waals surface area contributed by atoms with Gasteiger partial charge in [0.15, 0.2) is 0 Å². The molecule has 1 saturated heterocycles. The third-order valence-corrected chi connectivity index (χ3v) is 4.17. The Bertz CT molecular complexity index is 618. The first kappa shape index (κ1) is 13.1. The van der Waals surface area contributed by atoms with E-state index in [-0.39, 0.29) is 5.91 Å². The molecule has 0 aromatic heterocycles. The number of hydrogen-bond donors (Lipinski definition) is 1. The molecule has 3 heteroatoms. The maximum atomic E-state index is 12.4. The first-order chi connectivity index (χ1) is 9.78. The second-order valence-electron chi connectivity index (χ2n) is 5.43. The van der Waals surface area contributed by atoms with Gasteiger partial charge in [0.05, 0.1) is 6.42 Å². The van der Waals surface area contributed by atoms with Crippen molar-refractivity contribution >= 4 is 16.7 Å². The summed E-state index contributed by atoms with van der Waals surface area (Å²) in [5, 5.41) is 5.64. The molecule has 1 unspecified atom stereocenters. The van der Waals surface area contributed by atoms with Crippen LogP contribution in [0, 0.1) is 0 Å². The van der Waals surface area contributed by atoms with E-state index in [9.17, 15) is 4.79 Å². The average Bonchev–Trinajstić information content (AvgIpc) is 2.97. The van der Waals surface area contributed by atoms with Crippen molar-refractivity contribution in [1.82, 2.24) is 10.2 Å². The molecular formula is C17H20N2O. The molecule has 104 valence electrons. The Kier molecular flexibility index (Phi) is 3.70. The zero-order valence-corrected chi connectivity index (χ0v) is 11.8. The average molecular weight is 268 g/mol. The first-order valence-electron chi connectivity index (χ1n) is 7.19. The smallest absolute Gasteiger partial charge is 0.227 e. The molecular weight excluding hydrogens is 248 g/mol. The molecule has 0 radical (unpaired) electrons. The van der Waals surface area contributed by atoms with Crippen LogP contribution in [0.3, 0.4) is 0 Å². The van der Waals surface area contributed by atoms with Crippen LogP contribution in [0.4, 0.5) is 0 Å². The number of carbonyl (C=O) groups is 1. The number of benzene rings is 2. The zero-order chi connectivity index (χ0) is 13.9. The summed E-state index contributed by atoms with van der Waals surface area (Å²) in [4.78, 5) is 14.4. The Morgan fingerprint density at radius 1 is 1.25 bits per heavy atom. The van der Waals surface area contributed by atoms with Crippen molar-refractivity contribution in [3.8, 4) is 0 Å². The van der Waals surface area contributed by atoms with E-state index in [4.69, 9.17) is 0 Å². The standard InChI is InChI=1S/C17H20N2O/c1-18-15-9-10-19(12-15)17(20)11-14-7-4-6-13-5-2-3-8-16(13)14/h2-8,15,18H,9-12H2,1H3. The van der Waals surface area contributed by atoms with Crippen LogP contribution in [0.25, 0.3) is 10.8 Å². The number of rotatable bonds is 3. The van der Waals surface area contributed by atoms with Crippen LogP contribution in [0.15, 0.2) is 42.5 Å². The van der Waals surface area contributed by atoms with Crippen LogP contribution in [0.2, 0.25) is 0 Å². The van der Waals surface area contributed by atoms with Crippen LogP contribution in [0.5, 0.6) is 0 Å². The summed E-state index contributed by atoms with van der Waals surface area (Å²) in [7, 11) is 1.96. The first-order valence-corrected chi connectivity index (χ1v) is 7.19. The van der Waals surface area contributed by atoms with Crippen molar-refractivity contribution in [2.75, 3.05) is 20.1 Å². The summed E-state index contributed by atoms with van der Waals surface area (Å²) in [6.07, 6.45) is 1.55. The van der Waals surface area contributed by atoms with Crippen LogP contribution in [0.1, 0.15) is 12.0 Å². The third kappa shape index (κ3) is 2.54. The van der Waals surface area contributed by atoms with Gasteiger partial charge in [0, 0.05) is 19.1 Å². The lowest BCUT2D eigenvalue weighted by Gasteiger charge is -2.17. The largest absolute Gasteiger partial charge is 0.341 e. The van der Waals surface area contributed by atoms with Gasteiger partial charge in [-0.05, 0) is 29.8 Å². The lowest BCUT2D eigenvalue weighted by molar-refractivity contribution is -0.129. The molecule has 3 rings (SSSR count). The minimum atomic E-state index is 0.235. The number of likely N-dealkylation sites (N-methyl/N-ethyl adjacent to an activating group) is 1. The molecule has 2 aromatic carbocycles. The Morgan fingerprint density at radius 3 is 2.85 bits per heavy atom. The summed E-state index contributed by atoms with van der Waals surface area (Å²) in [5.74, 6) is 0.235. The number of hydrogen-bond acceptors (Lipinski definition) is 2. The van der Waals surface area contributed by atoms with E-state index in [0.717, 1.165) is 25.1 Å². The van der Waals surface area contributed by atoms with Crippen LogP contribution in [-0.2, 0) is 11.2 Å². The van der Waals surface area contributed by atoms with E-state index in [0.29, 0.717) is 12.5 Å². The number of likely N-dealkylation sites (tertiary alicyclic amines) is 1. The lowest BCUT2D eigenvalue weighted by atomic mass is 10.0. The molecule has 1 atom stereocenters. The summed E-state index contributed by atoms with van der Waals surface area (Å²) in [5.41, 5.74) is 1.13. The minimum absolute atomic E-state index is 0.235. The second-order valence-corrected chi connectivity index (χ2v) is 5.43. The van der Waals surface area contributed by atoms with Crippen LogP contribution in [-0.4, -0.2) is 37.0 Å². The van der Waals surface area contributed by atoms with Gasteiger partial charge in [-0.15, -0.1) is 0 Å². The maximum absolute atomic E-state index is 12.4. The topological polar surface area (TPSA) is 32.3 Å². The highest BCUT2D eigenvalue weighted by Crippen LogP contribution is 2.20. The van der Waals surface area contributed by atoms with Crippen LogP contribution < -0.4 is 5.32 Å². The highest BCUT2D eigenvalue weighted by Gasteiger charge is 2.25. The molecule has 20 heavy (non-hydrogen) atoms. The molecule has 0 bridgehead atoms. The van der Waals surface area contributed by atoms with E-state index in [1.807, 2.05) is 30.1 Å². The van der Waals surface area contributed by atoms with E-state index < -0.39 is 0 Å². The van der Waals surface area contributed by atoms with Gasteiger partial charge in [-0.1, -0.05) is 42.5 Å². The monoisotopic (exact) mass is 268 g/mol. The number of amides is 1. The molecule has 1 fully saturated rings. The van der Waals surface area contributed by atoms with E-state index >= 15 is 0 Å². The molecule has 0 aliphatic carbocycles. The van der Waals surface area contributed by atoms with Gasteiger partial charge < -0.3 is 10.2 Å². The molecule has 1 heterocycles. The van der Waals surface area contributed by atoms with Gasteiger partial charge in [-0.3, -0.25) is 4.79 Å². The Balaban J connectivity index is 1.78. The quantitative estimate of drug-likeness (QED) is 0.925. The molecule has 1 N–H and O–H groups in total. The fourth-order valence-electron chi connectivity index (χ4n) is 2.94. The predicted molar refractivity (Wildman–Crippen MR) is 81.7 cm³/mol. The Hall–Kier alpha value is -1.87. The Labute approximate surface area is 119 Å². The van der Waals surface area contributed by atoms with Crippen molar-refractivity contribution in [2.24, 2.45) is 0 Å². The van der Waals surface area contributed by atoms with Gasteiger partial charge in [0.25, 0.3) is 0 Å². The number of nitrogens with zero attached hydrogens (tertiary/aromatic N) is 1. The van der Waals surface area contributed by atoms with E-state index in [1.54, 1.807) is 0 Å². The van der Waals surface area contributed by atoms with Gasteiger partial charge in [-0.2, -0.15) is 0 Å². The summed E-state index contributed by atoms with van der Waals surface area (Å²) < 4.78 is 0. The molecule has 3 nitrogen and oxygen atoms in total. The van der Waals surface area contributed by atoms with E-state index in [2.05, 4.69) is 29.6 Å². The van der Waals surface area contributed by atoms with Crippen molar-refractivity contribution in [3.63, 3.8) is 0 Å². The number of carbonyl (C=O) groups excluding carboxylic acids is 1. The summed E-state index contributed by atoms with van der Waals surface area (Å²) in [6.45, 7) is 1.70. The van der Waals surface area contributed by atoms with Crippen molar-refractivity contribution in [2.45, 2.75) is 18.9 Å². The Morgan fingerprint density at radius 2 is 2.05 bits per heavy atom. The van der Waals surface area contributed by atoms with Crippen molar-refractivity contribution < 1.29 is 4.79 Å². The fourth-order valence-corrected chi connectivity index (χ4v) is 2.94. The number of nitrogens with one attached hydrogen (secondary N) is 1. The third-order valence-electron chi connectivity index (χ3n) is 4.17. The maximum Gasteiger partial charge on any atom is 0.227 e. The molecule has 0 saturated carbocycles. The predicted octanol–water partition coefficient (Wildman–Crippen LogP) is 2.20. The van der Waals surface area contributed by atoms with Crippen LogP contribution >= 0.6 is 0 Å². The molecule has 0 spiro atoms. The highest BCUT2D eigenvalue weighted by molar-refractivity contribution is 5.90. The SMILES string of the molecule is CNC1CCN(C(=O)Cc2cccc3ccccc23)C1. The summed E-state index contributed by atoms with van der Waals surface area (Å²) >= 11 is 0. The lowest BCUT2D eigenvalue weighted by Crippen LogP contribution is -2.34. The molecule has 1 amide bonds. The fraction of sp³-hybridized carbons (Fsp3) is 0.353. The van der Waals surface area contributed by atoms with Gasteiger partial charge in [0.1, 0.15) is 0 Å². The second kappa shape index (κ2) is 5.63. The van der Waals surface area contributed by atoms with Gasteiger partial charge in [-0.25, -0.2) is 0 Å². The summed E-state index contributed by atoms with van der Waals surface area (Å²) in [6, 6.07) is 14.9. The molecule has 1 aliphatic heterocycles.